The van der Waals surface area contributed by atoms with Gasteiger partial charge in [0.1, 0.15) is 0 Å². The van der Waals surface area contributed by atoms with Gasteiger partial charge in [-0.05, 0) is 24.1 Å². The van der Waals surface area contributed by atoms with Gasteiger partial charge in [-0.3, -0.25) is 19.8 Å². The molecule has 0 aliphatic carbocycles. The first-order chi connectivity index (χ1) is 13.0. The fourth-order valence-corrected chi connectivity index (χ4v) is 2.77. The second-order valence-corrected chi connectivity index (χ2v) is 7.78. The molecule has 2 aromatic rings. The van der Waals surface area contributed by atoms with Crippen molar-refractivity contribution in [3.63, 3.8) is 0 Å². The SMILES string of the molecule is CS(=O)(=O)Nc1ccc(CCN=C(N)NC(=O)c2nc(Cl)c(N)nc2N)cc1. The van der Waals surface area contributed by atoms with Gasteiger partial charge in [0.15, 0.2) is 28.4 Å². The molecular weight excluding hydrogens is 408 g/mol. The predicted molar refractivity (Wildman–Crippen MR) is 108 cm³/mol. The van der Waals surface area contributed by atoms with Crippen LogP contribution >= 0.6 is 11.6 Å². The van der Waals surface area contributed by atoms with Crippen molar-refractivity contribution in [2.24, 2.45) is 10.7 Å². The van der Waals surface area contributed by atoms with E-state index in [1.807, 2.05) is 0 Å². The lowest BCUT2D eigenvalue weighted by Crippen LogP contribution is -2.38. The van der Waals surface area contributed by atoms with Crippen molar-refractivity contribution in [3.05, 3.63) is 40.7 Å². The number of nitrogens with one attached hydrogen (secondary N) is 2. The number of carbonyl (C=O) groups excluding carboxylic acids is 1. The van der Waals surface area contributed by atoms with Gasteiger partial charge in [-0.1, -0.05) is 23.7 Å². The third kappa shape index (κ3) is 6.25. The molecule has 0 fully saturated rings. The minimum absolute atomic E-state index is 0.0879. The van der Waals surface area contributed by atoms with E-state index in [9.17, 15) is 13.2 Å². The monoisotopic (exact) mass is 426 g/mol. The third-order valence-electron chi connectivity index (χ3n) is 3.30. The van der Waals surface area contributed by atoms with Crippen molar-refractivity contribution in [2.75, 3.05) is 29.0 Å². The summed E-state index contributed by atoms with van der Waals surface area (Å²) in [5.74, 6) is -1.12. The number of nitrogen functional groups attached to an aromatic ring is 2. The van der Waals surface area contributed by atoms with Gasteiger partial charge >= 0.3 is 0 Å². The minimum Gasteiger partial charge on any atom is -0.382 e. The Hall–Kier alpha value is -3.12. The average Bonchev–Trinajstić information content (AvgIpc) is 2.58. The lowest BCUT2D eigenvalue weighted by atomic mass is 10.1. The second-order valence-electron chi connectivity index (χ2n) is 5.68. The van der Waals surface area contributed by atoms with E-state index < -0.39 is 15.9 Å². The lowest BCUT2D eigenvalue weighted by Gasteiger charge is -2.07. The van der Waals surface area contributed by atoms with Gasteiger partial charge in [-0.15, -0.1) is 0 Å². The Morgan fingerprint density at radius 1 is 1.18 bits per heavy atom. The van der Waals surface area contributed by atoms with Gasteiger partial charge in [0.2, 0.25) is 10.0 Å². The van der Waals surface area contributed by atoms with Crippen molar-refractivity contribution in [1.29, 1.82) is 0 Å². The number of hydrogen-bond acceptors (Lipinski definition) is 8. The number of sulfonamides is 1. The summed E-state index contributed by atoms with van der Waals surface area (Å²) in [5.41, 5.74) is 17.9. The van der Waals surface area contributed by atoms with E-state index in [1.165, 1.54) is 0 Å². The molecule has 0 unspecified atom stereocenters. The Morgan fingerprint density at radius 2 is 1.82 bits per heavy atom. The summed E-state index contributed by atoms with van der Waals surface area (Å²) in [4.78, 5) is 23.6. The summed E-state index contributed by atoms with van der Waals surface area (Å²) in [6.45, 7) is 0.286. The van der Waals surface area contributed by atoms with Crippen LogP contribution in [0.5, 0.6) is 0 Å². The zero-order valence-electron chi connectivity index (χ0n) is 14.8. The van der Waals surface area contributed by atoms with E-state index in [1.54, 1.807) is 24.3 Å². The van der Waals surface area contributed by atoms with Crippen molar-refractivity contribution in [1.82, 2.24) is 15.3 Å². The van der Waals surface area contributed by atoms with Crippen molar-refractivity contribution in [3.8, 4) is 0 Å². The number of hydrogen-bond donors (Lipinski definition) is 5. The molecule has 1 aromatic heterocycles. The van der Waals surface area contributed by atoms with Crippen LogP contribution in [-0.2, 0) is 16.4 Å². The molecule has 8 N–H and O–H groups in total. The van der Waals surface area contributed by atoms with Crippen LogP contribution in [0.2, 0.25) is 5.15 Å². The topological polar surface area (TPSA) is 191 Å². The van der Waals surface area contributed by atoms with Crippen molar-refractivity contribution in [2.45, 2.75) is 6.42 Å². The number of anilines is 3. The number of carbonyl (C=O) groups is 1. The van der Waals surface area contributed by atoms with E-state index in [0.717, 1.165) is 11.8 Å². The maximum atomic E-state index is 12.1. The molecule has 0 radical (unpaired) electrons. The number of rotatable bonds is 6. The van der Waals surface area contributed by atoms with Gasteiger partial charge in [0.05, 0.1) is 6.26 Å². The first-order valence-electron chi connectivity index (χ1n) is 7.81. The van der Waals surface area contributed by atoms with Crippen LogP contribution in [0.3, 0.4) is 0 Å². The number of nitrogens with two attached hydrogens (primary N) is 3. The van der Waals surface area contributed by atoms with Crippen molar-refractivity contribution >= 4 is 50.8 Å². The largest absolute Gasteiger partial charge is 0.382 e. The highest BCUT2D eigenvalue weighted by Crippen LogP contribution is 2.17. The molecule has 0 aliphatic rings. The van der Waals surface area contributed by atoms with Crippen LogP contribution in [0.4, 0.5) is 17.3 Å². The van der Waals surface area contributed by atoms with E-state index >= 15 is 0 Å². The standard InChI is InChI=1S/C15H19ClN8O3S/c1-28(26,27)24-9-4-2-8(3-5-9)6-7-20-15(19)23-14(25)10-12(17)22-13(18)11(16)21-10/h2-5,24H,6-7H2,1H3,(H4,17,18,22)(H3,19,20,23,25). The molecule has 150 valence electrons. The molecule has 13 heteroatoms. The van der Waals surface area contributed by atoms with Gasteiger partial charge in [0, 0.05) is 12.2 Å². The van der Waals surface area contributed by atoms with Crippen LogP contribution in [0.25, 0.3) is 0 Å². The number of benzene rings is 1. The summed E-state index contributed by atoms with van der Waals surface area (Å²) >= 11 is 5.73. The maximum absolute atomic E-state index is 12.1. The van der Waals surface area contributed by atoms with Gasteiger partial charge in [0.25, 0.3) is 5.91 Å². The molecule has 28 heavy (non-hydrogen) atoms. The first kappa shape index (κ1) is 21.2. The Labute approximate surface area is 166 Å². The molecule has 1 heterocycles. The maximum Gasteiger partial charge on any atom is 0.280 e. The normalized spacial score (nSPS) is 11.9. The van der Waals surface area contributed by atoms with Gasteiger partial charge in [-0.25, -0.2) is 18.4 Å². The molecule has 0 saturated carbocycles. The summed E-state index contributed by atoms with van der Waals surface area (Å²) < 4.78 is 24.7. The number of guanidine groups is 1. The number of aliphatic imine (C=N–C) groups is 1. The van der Waals surface area contributed by atoms with E-state index in [2.05, 4.69) is 25.0 Å². The Morgan fingerprint density at radius 3 is 2.43 bits per heavy atom. The molecule has 0 atom stereocenters. The molecule has 0 spiro atoms. The summed E-state index contributed by atoms with van der Waals surface area (Å²) in [7, 11) is -3.32. The summed E-state index contributed by atoms with van der Waals surface area (Å²) in [6.07, 6.45) is 1.59. The summed E-state index contributed by atoms with van der Waals surface area (Å²) in [6, 6.07) is 6.78. The van der Waals surface area contributed by atoms with Crippen LogP contribution in [0.1, 0.15) is 16.1 Å². The molecule has 1 aromatic carbocycles. The van der Waals surface area contributed by atoms with Gasteiger partial charge < -0.3 is 17.2 Å². The van der Waals surface area contributed by atoms with Crippen LogP contribution in [0, 0.1) is 0 Å². The molecule has 2 rings (SSSR count). The first-order valence-corrected chi connectivity index (χ1v) is 10.1. The fraction of sp³-hybridized carbons (Fsp3) is 0.200. The third-order valence-corrected chi connectivity index (χ3v) is 4.19. The molecular formula is C15H19ClN8O3S. The van der Waals surface area contributed by atoms with Crippen LogP contribution in [-0.4, -0.2) is 43.1 Å². The Bertz CT molecular complexity index is 1010. The molecule has 1 amide bonds. The van der Waals surface area contributed by atoms with E-state index in [0.29, 0.717) is 12.1 Å². The Balaban J connectivity index is 1.92. The molecule has 0 bridgehead atoms. The lowest BCUT2D eigenvalue weighted by molar-refractivity contribution is 0.0972. The van der Waals surface area contributed by atoms with E-state index in [-0.39, 0.29) is 35.0 Å². The fourth-order valence-electron chi connectivity index (χ4n) is 2.08. The highest BCUT2D eigenvalue weighted by atomic mass is 35.5. The number of amides is 1. The minimum atomic E-state index is -3.32. The Kier molecular flexibility index (Phi) is 6.59. The molecule has 11 nitrogen and oxygen atoms in total. The number of halogens is 1. The number of aromatic nitrogens is 2. The van der Waals surface area contributed by atoms with Gasteiger partial charge in [-0.2, -0.15) is 0 Å². The molecule has 0 aliphatic heterocycles. The van der Waals surface area contributed by atoms with Crippen LogP contribution < -0.4 is 27.2 Å². The summed E-state index contributed by atoms with van der Waals surface area (Å²) in [5, 5.41) is 2.19. The number of nitrogens with zero attached hydrogens (tertiary/aromatic N) is 3. The quantitative estimate of drug-likeness (QED) is 0.313. The van der Waals surface area contributed by atoms with Crippen molar-refractivity contribution < 1.29 is 13.2 Å². The highest BCUT2D eigenvalue weighted by molar-refractivity contribution is 7.92. The highest BCUT2D eigenvalue weighted by Gasteiger charge is 2.16. The van der Waals surface area contributed by atoms with Crippen LogP contribution in [0.15, 0.2) is 29.3 Å². The average molecular weight is 427 g/mol. The second kappa shape index (κ2) is 8.71. The molecule has 0 saturated heterocycles. The predicted octanol–water partition coefficient (Wildman–Crippen LogP) is -0.0469. The van der Waals surface area contributed by atoms with E-state index in [4.69, 9.17) is 28.8 Å². The zero-order chi connectivity index (χ0) is 20.9. The smallest absolute Gasteiger partial charge is 0.280 e. The zero-order valence-corrected chi connectivity index (χ0v) is 16.4.